The summed E-state index contributed by atoms with van der Waals surface area (Å²) in [5.74, 6) is -0.360. The molecule has 2 aliphatic rings. The lowest BCUT2D eigenvalue weighted by molar-refractivity contribution is -0.118. The number of carbonyl (C=O) groups is 2. The Morgan fingerprint density at radius 3 is 1.35 bits per heavy atom. The fourth-order valence-corrected chi connectivity index (χ4v) is 12.6. The van der Waals surface area contributed by atoms with Crippen LogP contribution in [0.2, 0.25) is 0 Å². The molecule has 13 heteroatoms. The number of rotatable bonds is 17. The van der Waals surface area contributed by atoms with Crippen molar-refractivity contribution < 1.29 is 14.7 Å². The first-order chi connectivity index (χ1) is 42.7. The minimum absolute atomic E-state index is 0.142. The number of aromatic amines is 2. The van der Waals surface area contributed by atoms with Gasteiger partial charge in [-0.1, -0.05) is 96.1 Å². The van der Waals surface area contributed by atoms with Gasteiger partial charge >= 0.3 is 0 Å². The van der Waals surface area contributed by atoms with E-state index in [9.17, 15) is 14.7 Å². The Morgan fingerprint density at radius 2 is 0.909 bits per heavy atom. The number of nitrogens with zero attached hydrogens (tertiary/aromatic N) is 5. The summed E-state index contributed by atoms with van der Waals surface area (Å²) in [5.41, 5.74) is 30.4. The third kappa shape index (κ3) is 12.5. The normalized spacial score (nSPS) is 12.2. The first-order valence-corrected chi connectivity index (χ1v) is 29.9. The number of nitrogens with two attached hydrogens (primary N) is 1. The number of hydrogen-bond acceptors (Lipinski definition) is 9. The predicted octanol–water partition coefficient (Wildman–Crippen LogP) is 14.9. The molecule has 0 aliphatic carbocycles. The van der Waals surface area contributed by atoms with Gasteiger partial charge in [-0.2, -0.15) is 0 Å². The molecule has 2 aliphatic heterocycles. The summed E-state index contributed by atoms with van der Waals surface area (Å²) in [7, 11) is 0. The van der Waals surface area contributed by atoms with E-state index in [1.54, 1.807) is 36.7 Å². The fraction of sp³-hybridized carbons (Fsp3) is 0.173. The largest absolute Gasteiger partial charge is 0.508 e. The first kappa shape index (κ1) is 58.1. The van der Waals surface area contributed by atoms with Crippen LogP contribution in [0.5, 0.6) is 5.75 Å². The van der Waals surface area contributed by atoms with E-state index >= 15 is 0 Å². The number of hydrogen-bond donors (Lipinski definition) is 6. The van der Waals surface area contributed by atoms with Crippen LogP contribution in [0.1, 0.15) is 73.1 Å². The smallest absolute Gasteiger partial charge is 0.241 e. The Balaban J connectivity index is 1.06. The third-order valence-corrected chi connectivity index (χ3v) is 16.4. The minimum atomic E-state index is -0.882. The second kappa shape index (κ2) is 25.3. The summed E-state index contributed by atoms with van der Waals surface area (Å²) in [5, 5.41) is 16.5. The topological polar surface area (TPSA) is 191 Å². The summed E-state index contributed by atoms with van der Waals surface area (Å²) in [6.07, 6.45) is 13.6. The van der Waals surface area contributed by atoms with Crippen LogP contribution in [0.3, 0.4) is 0 Å². The zero-order chi connectivity index (χ0) is 61.0. The average molecular weight is 1160 g/mol. The highest BCUT2D eigenvalue weighted by Gasteiger charge is 2.25. The molecule has 0 fully saturated rings. The van der Waals surface area contributed by atoms with E-state index in [4.69, 9.17) is 15.7 Å². The van der Waals surface area contributed by atoms with E-state index in [2.05, 4.69) is 156 Å². The number of amides is 2. The molecule has 12 rings (SSSR count). The van der Waals surface area contributed by atoms with Crippen LogP contribution in [0.25, 0.3) is 90.9 Å². The zero-order valence-corrected chi connectivity index (χ0v) is 50.4. The quantitative estimate of drug-likeness (QED) is 0.0515. The molecule has 7 N–H and O–H groups in total. The number of aromatic hydroxyl groups is 1. The van der Waals surface area contributed by atoms with E-state index < -0.39 is 6.04 Å². The highest BCUT2D eigenvalue weighted by atomic mass is 16.3. The van der Waals surface area contributed by atoms with Gasteiger partial charge in [0.2, 0.25) is 11.8 Å². The van der Waals surface area contributed by atoms with Crippen LogP contribution in [0.4, 0.5) is 11.4 Å². The highest BCUT2D eigenvalue weighted by Crippen LogP contribution is 2.43. The Labute approximate surface area is 512 Å². The lowest BCUT2D eigenvalue weighted by Crippen LogP contribution is -2.37. The molecule has 0 saturated heterocycles. The maximum Gasteiger partial charge on any atom is 0.241 e. The van der Waals surface area contributed by atoms with Crippen molar-refractivity contribution in [2.45, 2.75) is 66.8 Å². The van der Waals surface area contributed by atoms with Gasteiger partial charge in [0.05, 0.1) is 35.4 Å². The van der Waals surface area contributed by atoms with Gasteiger partial charge in [0.15, 0.2) is 0 Å². The van der Waals surface area contributed by atoms with E-state index in [1.807, 2.05) is 78.9 Å². The number of nitrogens with one attached hydrogen (secondary N) is 4. The van der Waals surface area contributed by atoms with Crippen molar-refractivity contribution in [3.05, 3.63) is 243 Å². The molecule has 1 atom stereocenters. The Bertz CT molecular complexity index is 4400. The molecular weight excluding hydrogens is 1090 g/mol. The summed E-state index contributed by atoms with van der Waals surface area (Å²) in [4.78, 5) is 59.3. The molecule has 0 radical (unpaired) electrons. The maximum absolute atomic E-state index is 14.7. The van der Waals surface area contributed by atoms with E-state index in [0.29, 0.717) is 48.7 Å². The van der Waals surface area contributed by atoms with Crippen molar-refractivity contribution in [1.29, 1.82) is 0 Å². The molecule has 5 aromatic heterocycles. The van der Waals surface area contributed by atoms with Crippen molar-refractivity contribution in [2.24, 2.45) is 5.73 Å². The third-order valence-electron chi connectivity index (χ3n) is 16.4. The number of benzene rings is 5. The first-order valence-electron chi connectivity index (χ1n) is 29.9. The van der Waals surface area contributed by atoms with E-state index in [-0.39, 0.29) is 30.5 Å². The van der Waals surface area contributed by atoms with Gasteiger partial charge in [0.1, 0.15) is 5.75 Å². The Kier molecular flexibility index (Phi) is 16.7. The van der Waals surface area contributed by atoms with Crippen LogP contribution in [-0.2, 0) is 28.9 Å². The molecule has 438 valence electrons. The number of H-pyrrole nitrogens is 2. The van der Waals surface area contributed by atoms with Crippen molar-refractivity contribution in [3.63, 3.8) is 0 Å². The number of pyridine rings is 2. The molecule has 0 saturated carbocycles. The molecule has 2 amide bonds. The molecule has 0 spiro atoms. The summed E-state index contributed by atoms with van der Waals surface area (Å²) in [6, 6.07) is 50.7. The monoisotopic (exact) mass is 1160 g/mol. The number of carbonyl (C=O) groups excluding carboxylic acids is 2. The predicted molar refractivity (Wildman–Crippen MR) is 358 cm³/mol. The summed E-state index contributed by atoms with van der Waals surface area (Å²) < 4.78 is 0. The van der Waals surface area contributed by atoms with Crippen LogP contribution in [0, 0.1) is 41.5 Å². The van der Waals surface area contributed by atoms with Gasteiger partial charge in [-0.3, -0.25) is 24.5 Å². The second-order valence-corrected chi connectivity index (χ2v) is 23.1. The molecular formula is C75H70N10O3. The van der Waals surface area contributed by atoms with Gasteiger partial charge in [0, 0.05) is 117 Å². The van der Waals surface area contributed by atoms with Crippen LogP contribution >= 0.6 is 0 Å². The van der Waals surface area contributed by atoms with Gasteiger partial charge in [-0.25, -0.2) is 9.97 Å². The molecule has 7 heterocycles. The minimum Gasteiger partial charge on any atom is -0.508 e. The van der Waals surface area contributed by atoms with Crippen molar-refractivity contribution in [3.8, 4) is 50.3 Å². The van der Waals surface area contributed by atoms with Crippen LogP contribution in [-0.4, -0.2) is 77.4 Å². The zero-order valence-electron chi connectivity index (χ0n) is 50.4. The molecule has 1 unspecified atom stereocenters. The van der Waals surface area contributed by atoms with Gasteiger partial charge in [-0.15, -0.1) is 0 Å². The Morgan fingerprint density at radius 1 is 0.500 bits per heavy atom. The summed E-state index contributed by atoms with van der Waals surface area (Å²) in [6.45, 7) is 14.2. The van der Waals surface area contributed by atoms with Gasteiger partial charge in [0.25, 0.3) is 0 Å². The SMILES string of the molecule is Cc1cc(C)c(-c2c3nc(c(-c4ccccc4NC(=O)C(N)Cc4ccc(O)cc4)c4ccc([nH]4)c(-c4c(C)cc(C)cc4C)c4nc(c(-c5ccccc5NC(=O)CN(CCc5ccccn5)CCc5ccccn5)c5ccc2[nH]5)C=C4)C=C3)c(C)c1. The van der Waals surface area contributed by atoms with Crippen LogP contribution in [0.15, 0.2) is 170 Å². The highest BCUT2D eigenvalue weighted by molar-refractivity contribution is 6.06. The molecule has 88 heavy (non-hydrogen) atoms. The van der Waals surface area contributed by atoms with Gasteiger partial charge in [-0.05, 0) is 184 Å². The fourth-order valence-electron chi connectivity index (χ4n) is 12.6. The van der Waals surface area contributed by atoms with Crippen molar-refractivity contribution >= 4 is 69.6 Å². The average Bonchev–Trinajstić information content (AvgIpc) is 1.80. The Hall–Kier alpha value is -10.3. The number of fused-ring (bicyclic) bond motifs is 8. The molecule has 8 bridgehead atoms. The maximum atomic E-state index is 14.7. The summed E-state index contributed by atoms with van der Waals surface area (Å²) >= 11 is 0. The van der Waals surface area contributed by atoms with Gasteiger partial charge < -0.3 is 31.4 Å². The number of para-hydroxylation sites is 2. The number of aromatic nitrogens is 6. The van der Waals surface area contributed by atoms with Crippen LogP contribution < -0.4 is 16.4 Å². The lowest BCUT2D eigenvalue weighted by Gasteiger charge is -2.22. The number of aryl methyl sites for hydroxylation is 6. The second-order valence-electron chi connectivity index (χ2n) is 23.1. The van der Waals surface area contributed by atoms with E-state index in [1.165, 1.54) is 0 Å². The van der Waals surface area contributed by atoms with Crippen molar-refractivity contribution in [2.75, 3.05) is 30.3 Å². The van der Waals surface area contributed by atoms with Crippen molar-refractivity contribution in [1.82, 2.24) is 34.8 Å². The van der Waals surface area contributed by atoms with E-state index in [0.717, 1.165) is 128 Å². The standard InChI is InChI=1S/C75H70N10O3/c1-45-39-47(3)69(48(4)40-45)73-64-29-25-60(79-64)71(55-17-7-9-19-58(55)83-68(87)44-85(37-33-52-15-11-13-35-77-52)38-34-53-16-12-14-36-78-53)61-26-30-65(80-61)74(70-49(5)41-46(2)42-50(70)6)67-32-28-63(82-67)72(62-27-31-66(73)81-62)56-18-8-10-20-59(56)84-75(88)57(76)43-51-21-23-54(86)24-22-51/h7-32,35-36,39-42,57,79,82,86H,33-34,37-38,43-44,76H2,1-6H3,(H,83,87)(H,84,88). The lowest BCUT2D eigenvalue weighted by atomic mass is 9.92. The number of phenols is 1. The number of anilines is 2. The molecule has 13 nitrogen and oxygen atoms in total. The molecule has 5 aromatic carbocycles. The number of phenolic OH excluding ortho intramolecular Hbond substituents is 1. The molecule has 10 aromatic rings.